The topological polar surface area (TPSA) is 59.2 Å². The summed E-state index contributed by atoms with van der Waals surface area (Å²) < 4.78 is 5.64. The summed E-state index contributed by atoms with van der Waals surface area (Å²) in [5, 5.41) is 8.61. The van der Waals surface area contributed by atoms with Gasteiger partial charge in [-0.25, -0.2) is 0 Å². The third kappa shape index (κ3) is 4.21. The van der Waals surface area contributed by atoms with Gasteiger partial charge in [-0.1, -0.05) is 47.6 Å². The van der Waals surface area contributed by atoms with Gasteiger partial charge in [-0.3, -0.25) is 4.79 Å². The van der Waals surface area contributed by atoms with Crippen molar-refractivity contribution in [1.29, 1.82) is 0 Å². The molecular weight excluding hydrogens is 358 g/mol. The van der Waals surface area contributed by atoms with Crippen LogP contribution < -0.4 is 4.90 Å². The Morgan fingerprint density at radius 3 is 2.64 bits per heavy atom. The van der Waals surface area contributed by atoms with Gasteiger partial charge < -0.3 is 9.32 Å². The molecular formula is C18H16ClN3O2S. The Hall–Kier alpha value is -2.31. The molecule has 0 aliphatic rings. The summed E-state index contributed by atoms with van der Waals surface area (Å²) >= 11 is 7.21. The van der Waals surface area contributed by atoms with E-state index in [9.17, 15) is 4.79 Å². The molecule has 1 atom stereocenters. The van der Waals surface area contributed by atoms with E-state index in [4.69, 9.17) is 16.0 Å². The number of para-hydroxylation sites is 1. The van der Waals surface area contributed by atoms with Crippen LogP contribution in [0.4, 0.5) is 5.69 Å². The van der Waals surface area contributed by atoms with Gasteiger partial charge in [0.05, 0.1) is 5.25 Å². The quantitative estimate of drug-likeness (QED) is 0.615. The molecule has 128 valence electrons. The maximum absolute atomic E-state index is 12.6. The molecule has 0 fully saturated rings. The summed E-state index contributed by atoms with van der Waals surface area (Å²) in [6.45, 7) is 1.82. The summed E-state index contributed by atoms with van der Waals surface area (Å²) in [5.41, 5.74) is 1.58. The standard InChI is InChI=1S/C18H16ClN3O2S/c1-12(17(23)22(2)15-9-4-3-5-10-15)25-18-21-20-16(24-18)13-7-6-8-14(19)11-13/h3-12H,1-2H3. The van der Waals surface area contributed by atoms with Crippen LogP contribution in [0.5, 0.6) is 0 Å². The zero-order chi connectivity index (χ0) is 17.8. The Labute approximate surface area is 155 Å². The van der Waals surface area contributed by atoms with Crippen molar-refractivity contribution in [1.82, 2.24) is 10.2 Å². The Bertz CT molecular complexity index is 870. The monoisotopic (exact) mass is 373 g/mol. The van der Waals surface area contributed by atoms with Crippen LogP contribution in [0.3, 0.4) is 0 Å². The van der Waals surface area contributed by atoms with Crippen LogP contribution in [0.2, 0.25) is 5.02 Å². The van der Waals surface area contributed by atoms with Gasteiger partial charge in [0.2, 0.25) is 11.8 Å². The minimum atomic E-state index is -0.363. The third-order valence-electron chi connectivity index (χ3n) is 3.58. The number of anilines is 1. The summed E-state index contributed by atoms with van der Waals surface area (Å²) in [7, 11) is 1.75. The van der Waals surface area contributed by atoms with E-state index in [1.165, 1.54) is 11.8 Å². The lowest BCUT2D eigenvalue weighted by Gasteiger charge is -2.20. The number of aromatic nitrogens is 2. The van der Waals surface area contributed by atoms with E-state index >= 15 is 0 Å². The maximum Gasteiger partial charge on any atom is 0.277 e. The van der Waals surface area contributed by atoms with Crippen molar-refractivity contribution >= 4 is 35.0 Å². The second-order valence-electron chi connectivity index (χ2n) is 5.38. The van der Waals surface area contributed by atoms with Crippen molar-refractivity contribution < 1.29 is 9.21 Å². The largest absolute Gasteiger partial charge is 0.411 e. The van der Waals surface area contributed by atoms with E-state index in [1.807, 2.05) is 49.4 Å². The number of carbonyl (C=O) groups excluding carboxylic acids is 1. The second kappa shape index (κ2) is 7.72. The predicted molar refractivity (Wildman–Crippen MR) is 99.9 cm³/mol. The molecule has 0 bridgehead atoms. The molecule has 1 unspecified atom stereocenters. The van der Waals surface area contributed by atoms with E-state index in [2.05, 4.69) is 10.2 Å². The first kappa shape index (κ1) is 17.5. The van der Waals surface area contributed by atoms with Crippen molar-refractivity contribution in [2.45, 2.75) is 17.4 Å². The van der Waals surface area contributed by atoms with Crippen molar-refractivity contribution in [3.8, 4) is 11.5 Å². The average Bonchev–Trinajstić information content (AvgIpc) is 3.09. The summed E-state index contributed by atoms with van der Waals surface area (Å²) in [6.07, 6.45) is 0. The van der Waals surface area contributed by atoms with Crippen LogP contribution in [0.15, 0.2) is 64.2 Å². The van der Waals surface area contributed by atoms with E-state index < -0.39 is 0 Å². The fraction of sp³-hybridized carbons (Fsp3) is 0.167. The molecule has 25 heavy (non-hydrogen) atoms. The molecule has 0 N–H and O–H groups in total. The first-order chi connectivity index (χ1) is 12.0. The number of hydrogen-bond donors (Lipinski definition) is 0. The molecule has 0 saturated heterocycles. The number of carbonyl (C=O) groups is 1. The average molecular weight is 374 g/mol. The van der Waals surface area contributed by atoms with Gasteiger partial charge in [0.1, 0.15) is 0 Å². The van der Waals surface area contributed by atoms with Crippen molar-refractivity contribution in [3.63, 3.8) is 0 Å². The lowest BCUT2D eigenvalue weighted by molar-refractivity contribution is -0.117. The summed E-state index contributed by atoms with van der Waals surface area (Å²) in [5.74, 6) is 0.333. The van der Waals surface area contributed by atoms with Crippen molar-refractivity contribution in [2.75, 3.05) is 11.9 Å². The van der Waals surface area contributed by atoms with Gasteiger partial charge in [-0.15, -0.1) is 10.2 Å². The number of halogens is 1. The second-order valence-corrected chi connectivity index (χ2v) is 7.10. The van der Waals surface area contributed by atoms with Gasteiger partial charge in [-0.05, 0) is 37.3 Å². The van der Waals surface area contributed by atoms with Crippen LogP contribution in [0.1, 0.15) is 6.92 Å². The van der Waals surface area contributed by atoms with Crippen LogP contribution in [0, 0.1) is 0 Å². The summed E-state index contributed by atoms with van der Waals surface area (Å²) in [6, 6.07) is 16.7. The van der Waals surface area contributed by atoms with E-state index in [-0.39, 0.29) is 11.2 Å². The molecule has 7 heteroatoms. The van der Waals surface area contributed by atoms with Gasteiger partial charge in [0.15, 0.2) is 0 Å². The lowest BCUT2D eigenvalue weighted by atomic mass is 10.2. The lowest BCUT2D eigenvalue weighted by Crippen LogP contribution is -2.33. The molecule has 1 amide bonds. The number of benzene rings is 2. The van der Waals surface area contributed by atoms with Gasteiger partial charge >= 0.3 is 0 Å². The molecule has 0 aliphatic carbocycles. The Morgan fingerprint density at radius 1 is 1.16 bits per heavy atom. The zero-order valence-corrected chi connectivity index (χ0v) is 15.3. The van der Waals surface area contributed by atoms with Gasteiger partial charge in [-0.2, -0.15) is 0 Å². The molecule has 0 radical (unpaired) electrons. The molecule has 1 aromatic heterocycles. The molecule has 3 aromatic rings. The van der Waals surface area contributed by atoms with E-state index in [1.54, 1.807) is 24.1 Å². The highest BCUT2D eigenvalue weighted by Crippen LogP contribution is 2.28. The Kier molecular flexibility index (Phi) is 5.40. The predicted octanol–water partition coefficient (Wildman–Crippen LogP) is 4.53. The number of amides is 1. The van der Waals surface area contributed by atoms with E-state index in [0.29, 0.717) is 16.1 Å². The number of thioether (sulfide) groups is 1. The van der Waals surface area contributed by atoms with Crippen LogP contribution >= 0.6 is 23.4 Å². The maximum atomic E-state index is 12.6. The smallest absolute Gasteiger partial charge is 0.277 e. The van der Waals surface area contributed by atoms with Crippen LogP contribution in [0.25, 0.3) is 11.5 Å². The highest BCUT2D eigenvalue weighted by Gasteiger charge is 2.22. The number of nitrogens with zero attached hydrogens (tertiary/aromatic N) is 3. The fourth-order valence-corrected chi connectivity index (χ4v) is 3.22. The van der Waals surface area contributed by atoms with Gasteiger partial charge in [0, 0.05) is 23.3 Å². The minimum Gasteiger partial charge on any atom is -0.411 e. The highest BCUT2D eigenvalue weighted by atomic mass is 35.5. The minimum absolute atomic E-state index is 0.0429. The number of hydrogen-bond acceptors (Lipinski definition) is 5. The molecule has 5 nitrogen and oxygen atoms in total. The van der Waals surface area contributed by atoms with Crippen LogP contribution in [-0.2, 0) is 4.79 Å². The normalized spacial score (nSPS) is 12.0. The molecule has 3 rings (SSSR count). The SMILES string of the molecule is CC(Sc1nnc(-c2cccc(Cl)c2)o1)C(=O)N(C)c1ccccc1. The Balaban J connectivity index is 1.69. The fourth-order valence-electron chi connectivity index (χ4n) is 2.25. The van der Waals surface area contributed by atoms with Crippen molar-refractivity contribution in [3.05, 3.63) is 59.6 Å². The zero-order valence-electron chi connectivity index (χ0n) is 13.7. The molecule has 2 aromatic carbocycles. The van der Waals surface area contributed by atoms with Gasteiger partial charge in [0.25, 0.3) is 5.22 Å². The first-order valence-electron chi connectivity index (χ1n) is 7.63. The van der Waals surface area contributed by atoms with E-state index in [0.717, 1.165) is 11.3 Å². The number of rotatable bonds is 5. The van der Waals surface area contributed by atoms with Crippen molar-refractivity contribution in [2.24, 2.45) is 0 Å². The Morgan fingerprint density at radius 2 is 1.92 bits per heavy atom. The van der Waals surface area contributed by atoms with Crippen LogP contribution in [-0.4, -0.2) is 28.4 Å². The molecule has 0 aliphatic heterocycles. The molecule has 0 spiro atoms. The first-order valence-corrected chi connectivity index (χ1v) is 8.89. The third-order valence-corrected chi connectivity index (χ3v) is 4.73. The highest BCUT2D eigenvalue weighted by molar-refractivity contribution is 8.00. The molecule has 0 saturated carbocycles. The summed E-state index contributed by atoms with van der Waals surface area (Å²) in [4.78, 5) is 14.2. The molecule has 1 heterocycles.